The highest BCUT2D eigenvalue weighted by molar-refractivity contribution is 7.99. The Labute approximate surface area is 140 Å². The molecule has 0 spiro atoms. The lowest BCUT2D eigenvalue weighted by Gasteiger charge is -2.07. The van der Waals surface area contributed by atoms with Gasteiger partial charge in [-0.3, -0.25) is 4.79 Å². The summed E-state index contributed by atoms with van der Waals surface area (Å²) in [5.74, 6) is 0.316. The van der Waals surface area contributed by atoms with Gasteiger partial charge in [0.15, 0.2) is 5.16 Å². The summed E-state index contributed by atoms with van der Waals surface area (Å²) >= 11 is 0.846. The molecule has 0 aliphatic heterocycles. The molecule has 1 aromatic carbocycles. The minimum absolute atomic E-state index is 0.0720. The molecule has 0 atom stereocenters. The molecule has 0 fully saturated rings. The Bertz CT molecular complexity index is 693. The first-order chi connectivity index (χ1) is 11.4. The van der Waals surface area contributed by atoms with Gasteiger partial charge < -0.3 is 10.1 Å². The van der Waals surface area contributed by atoms with Crippen LogP contribution >= 0.6 is 11.8 Å². The quantitative estimate of drug-likeness (QED) is 0.636. The minimum Gasteiger partial charge on any atom is -0.497 e. The van der Waals surface area contributed by atoms with Crippen molar-refractivity contribution in [3.63, 3.8) is 0 Å². The highest BCUT2D eigenvalue weighted by Gasteiger charge is 2.32. The lowest BCUT2D eigenvalue weighted by Crippen LogP contribution is -2.24. The third-order valence-electron chi connectivity index (χ3n) is 2.91. The maximum absolute atomic E-state index is 12.5. The van der Waals surface area contributed by atoms with Gasteiger partial charge >= 0.3 is 6.18 Å². The summed E-state index contributed by atoms with van der Waals surface area (Å²) in [6, 6.07) is 7.94. The van der Waals surface area contributed by atoms with Crippen LogP contribution in [0.15, 0.2) is 41.7 Å². The number of nitrogens with zero attached hydrogens (tertiary/aromatic N) is 2. The molecule has 5 nitrogen and oxygen atoms in total. The first kappa shape index (κ1) is 18.1. The van der Waals surface area contributed by atoms with E-state index in [-0.39, 0.29) is 16.8 Å². The molecule has 1 aromatic heterocycles. The Morgan fingerprint density at radius 2 is 1.96 bits per heavy atom. The highest BCUT2D eigenvalue weighted by Crippen LogP contribution is 2.28. The summed E-state index contributed by atoms with van der Waals surface area (Å²) in [4.78, 5) is 18.9. The molecule has 0 saturated heterocycles. The average molecular weight is 357 g/mol. The van der Waals surface area contributed by atoms with Crippen LogP contribution in [0.5, 0.6) is 5.75 Å². The van der Waals surface area contributed by atoms with E-state index in [4.69, 9.17) is 4.74 Å². The molecular weight excluding hydrogens is 343 g/mol. The van der Waals surface area contributed by atoms with Gasteiger partial charge in [-0.2, -0.15) is 13.2 Å². The summed E-state index contributed by atoms with van der Waals surface area (Å²) in [5.41, 5.74) is -0.150. The average Bonchev–Trinajstić information content (AvgIpc) is 2.58. The van der Waals surface area contributed by atoms with Gasteiger partial charge in [0.25, 0.3) is 0 Å². The minimum atomic E-state index is -4.53. The molecule has 0 aliphatic rings. The van der Waals surface area contributed by atoms with E-state index in [0.717, 1.165) is 29.6 Å². The second-order valence-electron chi connectivity index (χ2n) is 4.64. The van der Waals surface area contributed by atoms with Crippen molar-refractivity contribution in [3.8, 4) is 5.75 Å². The first-order valence-electron chi connectivity index (χ1n) is 6.81. The van der Waals surface area contributed by atoms with E-state index in [1.165, 1.54) is 0 Å². The molecule has 0 unspecified atom stereocenters. The molecule has 2 aromatic rings. The number of rotatable bonds is 6. The summed E-state index contributed by atoms with van der Waals surface area (Å²) in [6.07, 6.45) is -3.51. The number of methoxy groups -OCH3 is 1. The second kappa shape index (κ2) is 8.00. The van der Waals surface area contributed by atoms with E-state index in [9.17, 15) is 18.0 Å². The molecular formula is C15H14F3N3O2S. The Hall–Kier alpha value is -2.29. The SMILES string of the molecule is COc1ccc(CNC(=O)CSc2nccc(C(F)(F)F)n2)cc1. The monoisotopic (exact) mass is 357 g/mol. The third-order valence-corrected chi connectivity index (χ3v) is 3.77. The number of hydrogen-bond acceptors (Lipinski definition) is 5. The van der Waals surface area contributed by atoms with Crippen LogP contribution in [-0.4, -0.2) is 28.7 Å². The number of hydrogen-bond donors (Lipinski definition) is 1. The first-order valence-corrected chi connectivity index (χ1v) is 7.79. The van der Waals surface area contributed by atoms with Crippen molar-refractivity contribution in [2.24, 2.45) is 0 Å². The zero-order chi connectivity index (χ0) is 17.6. The number of benzene rings is 1. The van der Waals surface area contributed by atoms with Gasteiger partial charge in [-0.1, -0.05) is 23.9 Å². The largest absolute Gasteiger partial charge is 0.497 e. The molecule has 0 aliphatic carbocycles. The van der Waals surface area contributed by atoms with Crippen LogP contribution in [0.3, 0.4) is 0 Å². The number of ether oxygens (including phenoxy) is 1. The van der Waals surface area contributed by atoms with Gasteiger partial charge in [0.2, 0.25) is 5.91 Å². The lowest BCUT2D eigenvalue weighted by atomic mass is 10.2. The number of alkyl halides is 3. The van der Waals surface area contributed by atoms with Crippen LogP contribution in [-0.2, 0) is 17.5 Å². The number of thioether (sulfide) groups is 1. The Morgan fingerprint density at radius 3 is 2.58 bits per heavy atom. The fraction of sp³-hybridized carbons (Fsp3) is 0.267. The van der Waals surface area contributed by atoms with Crippen molar-refractivity contribution in [2.45, 2.75) is 17.9 Å². The standard InChI is InChI=1S/C15H14F3N3O2S/c1-23-11-4-2-10(3-5-11)8-20-13(22)9-24-14-19-7-6-12(21-14)15(16,17)18/h2-7H,8-9H2,1H3,(H,20,22). The fourth-order valence-electron chi connectivity index (χ4n) is 1.69. The van der Waals surface area contributed by atoms with Gasteiger partial charge in [0.05, 0.1) is 12.9 Å². The predicted octanol–water partition coefficient (Wildman–Crippen LogP) is 2.91. The van der Waals surface area contributed by atoms with E-state index >= 15 is 0 Å². The number of nitrogens with one attached hydrogen (secondary N) is 1. The lowest BCUT2D eigenvalue weighted by molar-refractivity contribution is -0.141. The Balaban J connectivity index is 1.82. The maximum Gasteiger partial charge on any atom is 0.433 e. The van der Waals surface area contributed by atoms with Crippen molar-refractivity contribution in [1.29, 1.82) is 0 Å². The number of amides is 1. The van der Waals surface area contributed by atoms with Crippen molar-refractivity contribution in [2.75, 3.05) is 12.9 Å². The molecule has 1 amide bonds. The van der Waals surface area contributed by atoms with Crippen LogP contribution in [0.4, 0.5) is 13.2 Å². The van der Waals surface area contributed by atoms with Crippen LogP contribution in [0.1, 0.15) is 11.3 Å². The van der Waals surface area contributed by atoms with Crippen LogP contribution in [0.2, 0.25) is 0 Å². The summed E-state index contributed by atoms with van der Waals surface area (Å²) in [5, 5.41) is 2.58. The molecule has 2 rings (SSSR count). The van der Waals surface area contributed by atoms with Crippen LogP contribution < -0.4 is 10.1 Å². The number of halogens is 3. The molecule has 128 valence electrons. The summed E-state index contributed by atoms with van der Waals surface area (Å²) in [6.45, 7) is 0.312. The van der Waals surface area contributed by atoms with Gasteiger partial charge in [-0.25, -0.2) is 9.97 Å². The molecule has 0 saturated carbocycles. The number of aromatic nitrogens is 2. The molecule has 24 heavy (non-hydrogen) atoms. The summed E-state index contributed by atoms with van der Waals surface area (Å²) < 4.78 is 42.7. The Kier molecular flexibility index (Phi) is 6.02. The molecule has 0 radical (unpaired) electrons. The predicted molar refractivity (Wildman–Crippen MR) is 82.6 cm³/mol. The van der Waals surface area contributed by atoms with Gasteiger partial charge in [-0.15, -0.1) is 0 Å². The van der Waals surface area contributed by atoms with Gasteiger partial charge in [-0.05, 0) is 23.8 Å². The third kappa shape index (κ3) is 5.41. The normalized spacial score (nSPS) is 11.2. The van der Waals surface area contributed by atoms with E-state index < -0.39 is 11.9 Å². The molecule has 9 heteroatoms. The van der Waals surface area contributed by atoms with Crippen molar-refractivity contribution in [3.05, 3.63) is 47.8 Å². The smallest absolute Gasteiger partial charge is 0.433 e. The summed E-state index contributed by atoms with van der Waals surface area (Å²) in [7, 11) is 1.56. The molecule has 1 heterocycles. The van der Waals surface area contributed by atoms with E-state index in [2.05, 4.69) is 15.3 Å². The van der Waals surface area contributed by atoms with E-state index in [1.54, 1.807) is 19.2 Å². The zero-order valence-electron chi connectivity index (χ0n) is 12.6. The Morgan fingerprint density at radius 1 is 1.25 bits per heavy atom. The van der Waals surface area contributed by atoms with Crippen LogP contribution in [0, 0.1) is 0 Å². The maximum atomic E-state index is 12.5. The highest BCUT2D eigenvalue weighted by atomic mass is 32.2. The van der Waals surface area contributed by atoms with Gasteiger partial charge in [0.1, 0.15) is 11.4 Å². The second-order valence-corrected chi connectivity index (χ2v) is 5.58. The van der Waals surface area contributed by atoms with Crippen molar-refractivity contribution < 1.29 is 22.7 Å². The van der Waals surface area contributed by atoms with Gasteiger partial charge in [0, 0.05) is 12.7 Å². The van der Waals surface area contributed by atoms with E-state index in [0.29, 0.717) is 12.3 Å². The van der Waals surface area contributed by atoms with Crippen molar-refractivity contribution >= 4 is 17.7 Å². The molecule has 1 N–H and O–H groups in total. The number of carbonyl (C=O) groups excluding carboxylic acids is 1. The zero-order valence-corrected chi connectivity index (χ0v) is 13.4. The topological polar surface area (TPSA) is 64.1 Å². The molecule has 0 bridgehead atoms. The fourth-order valence-corrected chi connectivity index (χ4v) is 2.35. The van der Waals surface area contributed by atoms with E-state index in [1.807, 2.05) is 12.1 Å². The van der Waals surface area contributed by atoms with Crippen molar-refractivity contribution in [1.82, 2.24) is 15.3 Å². The van der Waals surface area contributed by atoms with Crippen LogP contribution in [0.25, 0.3) is 0 Å². The number of carbonyl (C=O) groups is 1.